The third-order valence-corrected chi connectivity index (χ3v) is 5.54. The maximum atomic E-state index is 12.6. The van der Waals surface area contributed by atoms with Crippen molar-refractivity contribution in [3.63, 3.8) is 0 Å². The lowest BCUT2D eigenvalue weighted by molar-refractivity contribution is 0.263. The van der Waals surface area contributed by atoms with Gasteiger partial charge in [0.25, 0.3) is 0 Å². The highest BCUT2D eigenvalue weighted by Gasteiger charge is 2.31. The van der Waals surface area contributed by atoms with E-state index in [0.717, 1.165) is 19.4 Å². The maximum absolute atomic E-state index is 12.6. The van der Waals surface area contributed by atoms with Gasteiger partial charge in [0, 0.05) is 19.3 Å². The van der Waals surface area contributed by atoms with Crippen LogP contribution in [-0.2, 0) is 10.0 Å². The minimum absolute atomic E-state index is 0.00453. The normalized spacial score (nSPS) is 21.0. The van der Waals surface area contributed by atoms with E-state index >= 15 is 0 Å². The molecular weight excluding hydrogens is 300 g/mol. The van der Waals surface area contributed by atoms with E-state index in [1.54, 1.807) is 0 Å². The fourth-order valence-electron chi connectivity index (χ4n) is 2.48. The summed E-state index contributed by atoms with van der Waals surface area (Å²) in [4.78, 5) is 3.82. The highest BCUT2D eigenvalue weighted by atomic mass is 35.5. The van der Waals surface area contributed by atoms with Crippen LogP contribution in [0.15, 0.2) is 17.2 Å². The lowest BCUT2D eigenvalue weighted by Gasteiger charge is -2.32. The van der Waals surface area contributed by atoms with Crippen molar-refractivity contribution in [2.24, 2.45) is 5.92 Å². The number of rotatable bonds is 4. The van der Waals surface area contributed by atoms with Gasteiger partial charge in [0.1, 0.15) is 10.7 Å². The number of pyridine rings is 1. The number of aromatic nitrogens is 1. The van der Waals surface area contributed by atoms with Crippen LogP contribution in [0.1, 0.15) is 12.8 Å². The number of nitrogens with one attached hydrogen (secondary N) is 1. The molecule has 0 aromatic carbocycles. The van der Waals surface area contributed by atoms with E-state index in [2.05, 4.69) is 10.3 Å². The average molecular weight is 319 g/mol. The van der Waals surface area contributed by atoms with Gasteiger partial charge in [-0.3, -0.25) is 0 Å². The molecule has 0 amide bonds. The first kappa shape index (κ1) is 15.5. The summed E-state index contributed by atoms with van der Waals surface area (Å²) in [5.41, 5.74) is 5.69. The first-order chi connectivity index (χ1) is 9.45. The molecule has 20 heavy (non-hydrogen) atoms. The van der Waals surface area contributed by atoms with E-state index in [-0.39, 0.29) is 15.7 Å². The van der Waals surface area contributed by atoms with Gasteiger partial charge in [-0.2, -0.15) is 4.31 Å². The molecule has 1 saturated heterocycles. The Morgan fingerprint density at radius 3 is 3.05 bits per heavy atom. The number of halogens is 1. The van der Waals surface area contributed by atoms with Crippen LogP contribution in [-0.4, -0.2) is 44.4 Å². The first-order valence-corrected chi connectivity index (χ1v) is 8.32. The van der Waals surface area contributed by atoms with Gasteiger partial charge in [-0.25, -0.2) is 13.4 Å². The van der Waals surface area contributed by atoms with E-state index in [0.29, 0.717) is 19.0 Å². The highest BCUT2D eigenvalue weighted by molar-refractivity contribution is 7.89. The monoisotopic (exact) mass is 318 g/mol. The maximum Gasteiger partial charge on any atom is 0.246 e. The zero-order chi connectivity index (χ0) is 14.8. The second-order valence-electron chi connectivity index (χ2n) is 4.97. The van der Waals surface area contributed by atoms with Gasteiger partial charge < -0.3 is 11.1 Å². The van der Waals surface area contributed by atoms with Crippen LogP contribution in [0.5, 0.6) is 0 Å². The number of hydrogen-bond donors (Lipinski definition) is 2. The van der Waals surface area contributed by atoms with Gasteiger partial charge in [-0.15, -0.1) is 0 Å². The Labute approximate surface area is 124 Å². The summed E-state index contributed by atoms with van der Waals surface area (Å²) in [6.45, 7) is 1.80. The number of sulfonamides is 1. The molecule has 1 unspecified atom stereocenters. The summed E-state index contributed by atoms with van der Waals surface area (Å²) in [5, 5.41) is 3.36. The van der Waals surface area contributed by atoms with Crippen molar-refractivity contribution in [3.05, 3.63) is 17.3 Å². The van der Waals surface area contributed by atoms with Crippen molar-refractivity contribution in [3.8, 4) is 0 Å². The van der Waals surface area contributed by atoms with Crippen molar-refractivity contribution in [2.75, 3.05) is 32.4 Å². The third-order valence-electron chi connectivity index (χ3n) is 3.44. The predicted molar refractivity (Wildman–Crippen MR) is 79.1 cm³/mol. The summed E-state index contributed by atoms with van der Waals surface area (Å²) in [7, 11) is -1.77. The molecule has 6 nitrogen and oxygen atoms in total. The summed E-state index contributed by atoms with van der Waals surface area (Å²) >= 11 is 5.83. The number of nitrogens with zero attached hydrogens (tertiary/aromatic N) is 2. The second kappa shape index (κ2) is 6.26. The van der Waals surface area contributed by atoms with Crippen molar-refractivity contribution < 1.29 is 8.42 Å². The Hall–Kier alpha value is -0.890. The van der Waals surface area contributed by atoms with Gasteiger partial charge in [0.2, 0.25) is 10.0 Å². The molecule has 0 bridgehead atoms. The second-order valence-corrected chi connectivity index (χ2v) is 7.31. The average Bonchev–Trinajstić information content (AvgIpc) is 2.42. The molecule has 1 aromatic heterocycles. The molecule has 2 heterocycles. The number of nitrogens with two attached hydrogens (primary N) is 1. The SMILES string of the molecule is CNCC1CCCN(S(=O)(=O)c2cc(Cl)cnc2N)C1. The summed E-state index contributed by atoms with van der Waals surface area (Å²) in [6.07, 6.45) is 3.21. The van der Waals surface area contributed by atoms with E-state index in [1.807, 2.05) is 7.05 Å². The van der Waals surface area contributed by atoms with Crippen LogP contribution >= 0.6 is 11.6 Å². The Morgan fingerprint density at radius 1 is 1.60 bits per heavy atom. The van der Waals surface area contributed by atoms with Gasteiger partial charge >= 0.3 is 0 Å². The number of hydrogen-bond acceptors (Lipinski definition) is 5. The van der Waals surface area contributed by atoms with Crippen LogP contribution < -0.4 is 11.1 Å². The molecule has 0 radical (unpaired) electrons. The van der Waals surface area contributed by atoms with Crippen molar-refractivity contribution in [1.82, 2.24) is 14.6 Å². The van der Waals surface area contributed by atoms with Gasteiger partial charge in [-0.1, -0.05) is 11.6 Å². The van der Waals surface area contributed by atoms with E-state index in [1.165, 1.54) is 16.6 Å². The fourth-order valence-corrected chi connectivity index (χ4v) is 4.35. The molecule has 112 valence electrons. The lowest BCUT2D eigenvalue weighted by Crippen LogP contribution is -2.42. The topological polar surface area (TPSA) is 88.3 Å². The van der Waals surface area contributed by atoms with Crippen LogP contribution in [0.25, 0.3) is 0 Å². The van der Waals surface area contributed by atoms with Crippen molar-refractivity contribution >= 4 is 27.4 Å². The van der Waals surface area contributed by atoms with Crippen LogP contribution in [0, 0.1) is 5.92 Å². The Kier molecular flexibility index (Phi) is 4.85. The molecule has 1 fully saturated rings. The summed E-state index contributed by atoms with van der Waals surface area (Å²) in [6, 6.07) is 1.36. The first-order valence-electron chi connectivity index (χ1n) is 6.51. The molecule has 0 spiro atoms. The molecule has 1 aromatic rings. The highest BCUT2D eigenvalue weighted by Crippen LogP contribution is 2.27. The van der Waals surface area contributed by atoms with Crippen LogP contribution in [0.2, 0.25) is 5.02 Å². The third kappa shape index (κ3) is 3.22. The Morgan fingerprint density at radius 2 is 2.35 bits per heavy atom. The molecule has 1 atom stereocenters. The predicted octanol–water partition coefficient (Wildman–Crippen LogP) is 0.937. The van der Waals surface area contributed by atoms with Gasteiger partial charge in [0.15, 0.2) is 0 Å². The van der Waals surface area contributed by atoms with Crippen LogP contribution in [0.4, 0.5) is 5.82 Å². The molecular formula is C12H19ClN4O2S. The fraction of sp³-hybridized carbons (Fsp3) is 0.583. The van der Waals surface area contributed by atoms with Crippen LogP contribution in [0.3, 0.4) is 0 Å². The molecule has 1 aliphatic heterocycles. The molecule has 0 aliphatic carbocycles. The van der Waals surface area contributed by atoms with E-state index in [4.69, 9.17) is 17.3 Å². The molecule has 8 heteroatoms. The number of piperidine rings is 1. The Bertz CT molecular complexity index is 577. The van der Waals surface area contributed by atoms with E-state index < -0.39 is 10.0 Å². The van der Waals surface area contributed by atoms with Crippen molar-refractivity contribution in [2.45, 2.75) is 17.7 Å². The Balaban J connectivity index is 2.27. The smallest absolute Gasteiger partial charge is 0.246 e. The zero-order valence-corrected chi connectivity index (χ0v) is 12.9. The van der Waals surface area contributed by atoms with Crippen molar-refractivity contribution in [1.29, 1.82) is 0 Å². The zero-order valence-electron chi connectivity index (χ0n) is 11.3. The minimum Gasteiger partial charge on any atom is -0.383 e. The van der Waals surface area contributed by atoms with E-state index in [9.17, 15) is 8.42 Å². The summed E-state index contributed by atoms with van der Waals surface area (Å²) < 4.78 is 26.7. The minimum atomic E-state index is -3.63. The van der Waals surface area contributed by atoms with Gasteiger partial charge in [0.05, 0.1) is 5.02 Å². The number of anilines is 1. The molecule has 3 N–H and O–H groups in total. The van der Waals surface area contributed by atoms with Gasteiger partial charge in [-0.05, 0) is 38.4 Å². The largest absolute Gasteiger partial charge is 0.383 e. The molecule has 2 rings (SSSR count). The molecule has 0 saturated carbocycles. The lowest BCUT2D eigenvalue weighted by atomic mass is 10.00. The standard InChI is InChI=1S/C12H19ClN4O2S/c1-15-6-9-3-2-4-17(8-9)20(18,19)11-5-10(13)7-16-12(11)14/h5,7,9,15H,2-4,6,8H2,1H3,(H2,14,16). The summed E-state index contributed by atoms with van der Waals surface area (Å²) in [5.74, 6) is 0.307. The molecule has 1 aliphatic rings. The quantitative estimate of drug-likeness (QED) is 0.862. The number of nitrogen functional groups attached to an aromatic ring is 1.